The first-order valence-corrected chi connectivity index (χ1v) is 13.1. The number of aromatic nitrogens is 2. The van der Waals surface area contributed by atoms with Crippen LogP contribution in [0.15, 0.2) is 42.6 Å². The molecule has 4 heterocycles. The molecule has 0 unspecified atom stereocenters. The first-order valence-electron chi connectivity index (χ1n) is 11.9. The molecule has 0 atom stereocenters. The van der Waals surface area contributed by atoms with E-state index in [1.54, 1.807) is 12.1 Å². The number of likely N-dealkylation sites (N-methyl/N-ethyl adjacent to an activating group) is 1. The number of rotatable bonds is 6. The Kier molecular flexibility index (Phi) is 6.44. The lowest BCUT2D eigenvalue weighted by Crippen LogP contribution is -2.43. The van der Waals surface area contributed by atoms with Gasteiger partial charge in [0.05, 0.1) is 16.3 Å². The second kappa shape index (κ2) is 10.0. The summed E-state index contributed by atoms with van der Waals surface area (Å²) in [5, 5.41) is 17.6. The Hall–Kier alpha value is -3.62. The zero-order valence-electron chi connectivity index (χ0n) is 20.1. The maximum atomic E-state index is 9.76. The zero-order valence-corrected chi connectivity index (χ0v) is 21.7. The van der Waals surface area contributed by atoms with Crippen LogP contribution in [0, 0.1) is 11.3 Å². The predicted molar refractivity (Wildman–Crippen MR) is 145 cm³/mol. The number of thiazole rings is 1. The van der Waals surface area contributed by atoms with Gasteiger partial charge in [0.2, 0.25) is 6.79 Å². The molecule has 2 aromatic carbocycles. The molecule has 2 aromatic heterocycles. The molecule has 11 heteroatoms. The van der Waals surface area contributed by atoms with E-state index < -0.39 is 0 Å². The molecule has 9 nitrogen and oxygen atoms in total. The zero-order chi connectivity index (χ0) is 25.4. The number of nitriles is 1. The SMILES string of the molecule is CN1CCN(Cc2ccc(Nc3nc4ncc(C#N)c(Nc5c(Cl)ccc6c5OCO6)c4s3)cc2)CC1. The summed E-state index contributed by atoms with van der Waals surface area (Å²) in [4.78, 5) is 13.9. The summed E-state index contributed by atoms with van der Waals surface area (Å²) < 4.78 is 11.8. The van der Waals surface area contributed by atoms with Crippen LogP contribution in [0.4, 0.5) is 22.2 Å². The summed E-state index contributed by atoms with van der Waals surface area (Å²) in [5.74, 6) is 1.11. The summed E-state index contributed by atoms with van der Waals surface area (Å²) in [6.07, 6.45) is 1.51. The summed E-state index contributed by atoms with van der Waals surface area (Å²) in [5.41, 5.74) is 4.24. The van der Waals surface area contributed by atoms with Crippen LogP contribution < -0.4 is 20.1 Å². The van der Waals surface area contributed by atoms with Crippen LogP contribution in [0.1, 0.15) is 11.1 Å². The molecule has 37 heavy (non-hydrogen) atoms. The minimum atomic E-state index is 0.115. The van der Waals surface area contributed by atoms with Gasteiger partial charge in [-0.05, 0) is 36.9 Å². The van der Waals surface area contributed by atoms with Gasteiger partial charge in [0.25, 0.3) is 0 Å². The minimum absolute atomic E-state index is 0.115. The van der Waals surface area contributed by atoms with Gasteiger partial charge < -0.3 is 25.0 Å². The molecule has 1 saturated heterocycles. The molecule has 0 aliphatic carbocycles. The number of fused-ring (bicyclic) bond motifs is 2. The number of anilines is 4. The minimum Gasteiger partial charge on any atom is -0.454 e. The molecule has 2 N–H and O–H groups in total. The summed E-state index contributed by atoms with van der Waals surface area (Å²) in [6, 6.07) is 14.1. The molecule has 4 aromatic rings. The standard InChI is InChI=1S/C26H24ClN7O2S/c1-33-8-10-34(11-9-33)14-16-2-4-18(5-3-16)30-26-32-25-24(37-26)21(17(12-28)13-29-25)31-22-19(27)6-7-20-23(22)36-15-35-20/h2-7,13H,8-11,14-15H2,1H3,(H2,29,30,31,32). The fourth-order valence-electron chi connectivity index (χ4n) is 4.41. The number of hydrogen-bond acceptors (Lipinski definition) is 10. The lowest BCUT2D eigenvalue weighted by atomic mass is 10.2. The van der Waals surface area contributed by atoms with Gasteiger partial charge in [-0.25, -0.2) is 4.98 Å². The van der Waals surface area contributed by atoms with Gasteiger partial charge >= 0.3 is 0 Å². The number of halogens is 1. The Morgan fingerprint density at radius 2 is 1.86 bits per heavy atom. The average molecular weight is 534 g/mol. The Bertz CT molecular complexity index is 1490. The summed E-state index contributed by atoms with van der Waals surface area (Å²) in [6.45, 7) is 5.46. The third-order valence-corrected chi connectivity index (χ3v) is 7.78. The summed E-state index contributed by atoms with van der Waals surface area (Å²) >= 11 is 7.88. The molecule has 0 amide bonds. The lowest BCUT2D eigenvalue weighted by molar-refractivity contribution is 0.148. The highest BCUT2D eigenvalue weighted by atomic mass is 35.5. The van der Waals surface area contributed by atoms with E-state index in [2.05, 4.69) is 67.8 Å². The molecule has 0 spiro atoms. The molecule has 0 radical (unpaired) electrons. The number of nitrogens with one attached hydrogen (secondary N) is 2. The van der Waals surface area contributed by atoms with Gasteiger partial charge in [-0.2, -0.15) is 10.2 Å². The van der Waals surface area contributed by atoms with Crippen molar-refractivity contribution >= 4 is 55.5 Å². The number of hydrogen-bond donors (Lipinski definition) is 2. The van der Waals surface area contributed by atoms with Crippen LogP contribution in [0.25, 0.3) is 10.3 Å². The molecule has 6 rings (SSSR count). The highest BCUT2D eigenvalue weighted by molar-refractivity contribution is 7.22. The maximum Gasteiger partial charge on any atom is 0.231 e. The van der Waals surface area contributed by atoms with Gasteiger partial charge in [0.15, 0.2) is 22.3 Å². The largest absolute Gasteiger partial charge is 0.454 e. The molecule has 1 fully saturated rings. The second-order valence-electron chi connectivity index (χ2n) is 9.01. The number of piperazine rings is 1. The van der Waals surface area contributed by atoms with E-state index in [9.17, 15) is 5.26 Å². The van der Waals surface area contributed by atoms with Crippen molar-refractivity contribution in [2.24, 2.45) is 0 Å². The fourth-order valence-corrected chi connectivity index (χ4v) is 5.55. The van der Waals surface area contributed by atoms with Crippen LogP contribution in [0.5, 0.6) is 11.5 Å². The highest BCUT2D eigenvalue weighted by Gasteiger charge is 2.23. The number of ether oxygens (including phenoxy) is 2. The third-order valence-electron chi connectivity index (χ3n) is 6.49. The van der Waals surface area contributed by atoms with Crippen molar-refractivity contribution in [3.63, 3.8) is 0 Å². The average Bonchev–Trinajstić information content (AvgIpc) is 3.55. The highest BCUT2D eigenvalue weighted by Crippen LogP contribution is 2.46. The van der Waals surface area contributed by atoms with Crippen molar-refractivity contribution in [1.29, 1.82) is 5.26 Å². The normalized spacial score (nSPS) is 15.6. The van der Waals surface area contributed by atoms with Crippen molar-refractivity contribution in [3.8, 4) is 17.6 Å². The third kappa shape index (κ3) is 4.86. The first kappa shape index (κ1) is 23.8. The van der Waals surface area contributed by atoms with Crippen LogP contribution in [-0.2, 0) is 6.54 Å². The van der Waals surface area contributed by atoms with Gasteiger partial charge in [-0.1, -0.05) is 35.1 Å². The van der Waals surface area contributed by atoms with Gasteiger partial charge in [-0.15, -0.1) is 0 Å². The number of benzene rings is 2. The molecular weight excluding hydrogens is 510 g/mol. The molecule has 188 valence electrons. The number of pyridine rings is 1. The van der Waals surface area contributed by atoms with Gasteiger partial charge in [0, 0.05) is 44.6 Å². The van der Waals surface area contributed by atoms with E-state index in [0.717, 1.165) is 43.1 Å². The lowest BCUT2D eigenvalue weighted by Gasteiger charge is -2.32. The van der Waals surface area contributed by atoms with Gasteiger partial charge in [0.1, 0.15) is 16.5 Å². The van der Waals surface area contributed by atoms with Crippen LogP contribution in [0.3, 0.4) is 0 Å². The smallest absolute Gasteiger partial charge is 0.231 e. The topological polar surface area (TPSA) is 98.6 Å². The van der Waals surface area contributed by atoms with Crippen LogP contribution in [-0.4, -0.2) is 59.8 Å². The van der Waals surface area contributed by atoms with Crippen molar-refractivity contribution in [2.45, 2.75) is 6.54 Å². The van der Waals surface area contributed by atoms with E-state index in [1.807, 2.05) is 0 Å². The van der Waals surface area contributed by atoms with Crippen LogP contribution >= 0.6 is 22.9 Å². The fraction of sp³-hybridized carbons (Fsp3) is 0.269. The van der Waals surface area contributed by atoms with E-state index in [4.69, 9.17) is 21.1 Å². The Balaban J connectivity index is 1.24. The maximum absolute atomic E-state index is 9.76. The summed E-state index contributed by atoms with van der Waals surface area (Å²) in [7, 11) is 2.17. The van der Waals surface area contributed by atoms with Crippen LogP contribution in [0.2, 0.25) is 5.02 Å². The molecule has 2 aliphatic rings. The first-order chi connectivity index (χ1) is 18.1. The number of nitrogens with zero attached hydrogens (tertiary/aromatic N) is 5. The van der Waals surface area contributed by atoms with E-state index in [1.165, 1.54) is 23.1 Å². The second-order valence-corrected chi connectivity index (χ2v) is 10.4. The van der Waals surface area contributed by atoms with E-state index >= 15 is 0 Å². The van der Waals surface area contributed by atoms with Gasteiger partial charge in [-0.3, -0.25) is 4.90 Å². The molecule has 0 saturated carbocycles. The Morgan fingerprint density at radius 3 is 2.65 bits per heavy atom. The quantitative estimate of drug-likeness (QED) is 0.347. The Labute approximate surface area is 223 Å². The molecule has 0 bridgehead atoms. The van der Waals surface area contributed by atoms with E-state index in [0.29, 0.717) is 44.2 Å². The monoisotopic (exact) mass is 533 g/mol. The van der Waals surface area contributed by atoms with Crippen molar-refractivity contribution in [3.05, 3.63) is 58.7 Å². The van der Waals surface area contributed by atoms with Crippen molar-refractivity contribution in [2.75, 3.05) is 50.7 Å². The molecule has 2 aliphatic heterocycles. The van der Waals surface area contributed by atoms with Crippen molar-refractivity contribution in [1.82, 2.24) is 19.8 Å². The van der Waals surface area contributed by atoms with E-state index in [-0.39, 0.29) is 6.79 Å². The van der Waals surface area contributed by atoms with Crippen molar-refractivity contribution < 1.29 is 9.47 Å². The molecular formula is C26H24ClN7O2S. The Morgan fingerprint density at radius 1 is 1.05 bits per heavy atom. The predicted octanol–water partition coefficient (Wildman–Crippen LogP) is 5.18.